The predicted octanol–water partition coefficient (Wildman–Crippen LogP) is 5.12. The van der Waals surface area contributed by atoms with Crippen molar-refractivity contribution in [2.75, 3.05) is 44.7 Å². The summed E-state index contributed by atoms with van der Waals surface area (Å²) in [4.78, 5) is 42.3. The molecule has 3 aliphatic rings. The summed E-state index contributed by atoms with van der Waals surface area (Å²) < 4.78 is 6.36. The summed E-state index contributed by atoms with van der Waals surface area (Å²) in [5.41, 5.74) is 4.44. The molecule has 0 radical (unpaired) electrons. The summed E-state index contributed by atoms with van der Waals surface area (Å²) in [6.45, 7) is 3.04. The standard InChI is InChI=1S/C38H41N7O2.CH2O2/c1-43-20-6-10-31(43)26-47-38-41-35-23-29(33-12-4-9-28-8-2-3-11-32(28)33)14-15-34(35)37(42-38)44-21-22-45(30(25-44)17-18-39)36(46)16-13-27-7-5-19-40-24-27;2-1-3/h2-5,7-9,11-13,16,19,24,29-31H,6,10,14-15,17,20-23,25-26H2,1H3;1H,(H,2,3)/b16-13+;. The molecule has 1 N–H and O–H groups in total. The van der Waals surface area contributed by atoms with Gasteiger partial charge in [-0.05, 0) is 85.7 Å². The average molecular weight is 674 g/mol. The number of benzene rings is 2. The third-order valence-corrected chi connectivity index (χ3v) is 10.1. The van der Waals surface area contributed by atoms with Gasteiger partial charge in [-0.15, -0.1) is 0 Å². The molecule has 0 spiro atoms. The summed E-state index contributed by atoms with van der Waals surface area (Å²) in [7, 11) is 2.15. The Kier molecular flexibility index (Phi) is 11.3. The fourth-order valence-electron chi connectivity index (χ4n) is 7.49. The molecule has 2 fully saturated rings. The number of rotatable bonds is 8. The van der Waals surface area contributed by atoms with E-state index >= 15 is 0 Å². The summed E-state index contributed by atoms with van der Waals surface area (Å²) in [6, 6.07) is 21.8. The number of hydrogen-bond donors (Lipinski definition) is 1. The van der Waals surface area contributed by atoms with Gasteiger partial charge in [-0.25, -0.2) is 0 Å². The van der Waals surface area contributed by atoms with E-state index in [1.165, 1.54) is 28.3 Å². The van der Waals surface area contributed by atoms with Crippen LogP contribution in [0.2, 0.25) is 0 Å². The SMILES string of the molecule is CN1CCCC1COc1nc2c(c(N3CCN(C(=O)/C=C/c4cccnc4)C(CC#N)C3)n1)CCC(c1cccc3ccccc13)C2.O=CO. The van der Waals surface area contributed by atoms with E-state index in [-0.39, 0.29) is 24.8 Å². The molecule has 0 bridgehead atoms. The first kappa shape index (κ1) is 34.5. The minimum absolute atomic E-state index is 0.0962. The molecule has 4 aromatic rings. The number of likely N-dealkylation sites (tertiary alicyclic amines) is 1. The summed E-state index contributed by atoms with van der Waals surface area (Å²) >= 11 is 0. The molecule has 4 heterocycles. The Hall–Kier alpha value is -5.34. The second-order valence-electron chi connectivity index (χ2n) is 13.1. The molecule has 11 nitrogen and oxygen atoms in total. The number of carbonyl (C=O) groups is 2. The number of aromatic nitrogens is 3. The topological polar surface area (TPSA) is 136 Å². The lowest BCUT2D eigenvalue weighted by molar-refractivity contribution is -0.128. The minimum atomic E-state index is -0.256. The molecule has 3 atom stereocenters. The highest BCUT2D eigenvalue weighted by molar-refractivity contribution is 5.92. The Balaban J connectivity index is 0.00000139. The number of likely N-dealkylation sites (N-methyl/N-ethyl adjacent to an activating group) is 1. The minimum Gasteiger partial charge on any atom is -0.483 e. The number of amides is 1. The van der Waals surface area contributed by atoms with Crippen molar-refractivity contribution >= 4 is 35.0 Å². The van der Waals surface area contributed by atoms with Gasteiger partial charge < -0.3 is 24.5 Å². The highest BCUT2D eigenvalue weighted by Crippen LogP contribution is 2.39. The second kappa shape index (κ2) is 16.4. The van der Waals surface area contributed by atoms with E-state index in [1.807, 2.05) is 17.0 Å². The molecule has 1 amide bonds. The molecule has 2 aromatic carbocycles. The van der Waals surface area contributed by atoms with E-state index in [2.05, 4.69) is 70.4 Å². The molecule has 7 rings (SSSR count). The van der Waals surface area contributed by atoms with Crippen LogP contribution in [0.15, 0.2) is 73.1 Å². The van der Waals surface area contributed by atoms with Crippen LogP contribution in [0.5, 0.6) is 6.01 Å². The largest absolute Gasteiger partial charge is 0.483 e. The number of piperazine rings is 1. The Bertz CT molecular complexity index is 1860. The molecule has 258 valence electrons. The molecule has 2 aromatic heterocycles. The number of nitrogens with zero attached hydrogens (tertiary/aromatic N) is 7. The van der Waals surface area contributed by atoms with Gasteiger partial charge in [0.2, 0.25) is 5.91 Å². The normalized spacial score (nSPS) is 20.5. The number of fused-ring (bicyclic) bond motifs is 2. The van der Waals surface area contributed by atoms with Gasteiger partial charge in [0.25, 0.3) is 6.47 Å². The van der Waals surface area contributed by atoms with E-state index in [0.717, 1.165) is 49.3 Å². The zero-order valence-electron chi connectivity index (χ0n) is 28.4. The molecule has 2 aliphatic heterocycles. The lowest BCUT2D eigenvalue weighted by atomic mass is 9.80. The molecule has 3 unspecified atom stereocenters. The van der Waals surface area contributed by atoms with Crippen LogP contribution >= 0.6 is 0 Å². The molecular weight excluding hydrogens is 630 g/mol. The number of nitriles is 1. The molecular formula is C39H43N7O4. The Morgan fingerprint density at radius 2 is 1.90 bits per heavy atom. The number of hydrogen-bond acceptors (Lipinski definition) is 9. The van der Waals surface area contributed by atoms with Crippen LogP contribution in [0.3, 0.4) is 0 Å². The van der Waals surface area contributed by atoms with Crippen LogP contribution in [-0.4, -0.2) is 94.2 Å². The van der Waals surface area contributed by atoms with Crippen molar-refractivity contribution in [2.24, 2.45) is 0 Å². The maximum absolute atomic E-state index is 13.3. The maximum Gasteiger partial charge on any atom is 0.318 e. The van der Waals surface area contributed by atoms with Crippen molar-refractivity contribution < 1.29 is 19.4 Å². The molecule has 11 heteroatoms. The van der Waals surface area contributed by atoms with Gasteiger partial charge in [0.05, 0.1) is 24.2 Å². The maximum atomic E-state index is 13.3. The van der Waals surface area contributed by atoms with E-state index in [0.29, 0.717) is 44.2 Å². The van der Waals surface area contributed by atoms with Crippen molar-refractivity contribution in [2.45, 2.75) is 56.5 Å². The Labute approximate surface area is 292 Å². The first-order valence-corrected chi connectivity index (χ1v) is 17.3. The van der Waals surface area contributed by atoms with Gasteiger partial charge in [0.1, 0.15) is 12.4 Å². The fraction of sp³-hybridized carbons (Fsp3) is 0.385. The summed E-state index contributed by atoms with van der Waals surface area (Å²) in [5.74, 6) is 1.14. The number of ether oxygens (including phenoxy) is 1. The van der Waals surface area contributed by atoms with Crippen molar-refractivity contribution in [1.29, 1.82) is 5.26 Å². The average Bonchev–Trinajstić information content (AvgIpc) is 3.57. The molecule has 50 heavy (non-hydrogen) atoms. The van der Waals surface area contributed by atoms with Crippen molar-refractivity contribution in [1.82, 2.24) is 24.8 Å². The lowest BCUT2D eigenvalue weighted by Gasteiger charge is -2.42. The summed E-state index contributed by atoms with van der Waals surface area (Å²) in [6.07, 6.45) is 12.0. The highest BCUT2D eigenvalue weighted by Gasteiger charge is 2.34. The van der Waals surface area contributed by atoms with E-state index in [4.69, 9.17) is 24.6 Å². The van der Waals surface area contributed by atoms with Crippen LogP contribution in [0.4, 0.5) is 5.82 Å². The van der Waals surface area contributed by atoms with Crippen LogP contribution in [0.1, 0.15) is 54.0 Å². The quantitative estimate of drug-likeness (QED) is 0.198. The van der Waals surface area contributed by atoms with E-state index in [9.17, 15) is 10.1 Å². The molecule has 2 saturated heterocycles. The van der Waals surface area contributed by atoms with Crippen LogP contribution < -0.4 is 9.64 Å². The van der Waals surface area contributed by atoms with E-state index in [1.54, 1.807) is 24.5 Å². The van der Waals surface area contributed by atoms with Crippen molar-refractivity contribution in [3.05, 3.63) is 95.5 Å². The van der Waals surface area contributed by atoms with Gasteiger partial charge in [-0.3, -0.25) is 14.6 Å². The zero-order chi connectivity index (χ0) is 34.9. The predicted molar refractivity (Wildman–Crippen MR) is 192 cm³/mol. The Morgan fingerprint density at radius 1 is 1.06 bits per heavy atom. The Morgan fingerprint density at radius 3 is 2.68 bits per heavy atom. The molecule has 1 aliphatic carbocycles. The lowest BCUT2D eigenvalue weighted by Crippen LogP contribution is -2.55. The van der Waals surface area contributed by atoms with Gasteiger partial charge in [-0.1, -0.05) is 48.5 Å². The smallest absolute Gasteiger partial charge is 0.318 e. The first-order chi connectivity index (χ1) is 24.5. The number of carboxylic acid groups (broad SMARTS) is 1. The highest BCUT2D eigenvalue weighted by atomic mass is 16.5. The van der Waals surface area contributed by atoms with Crippen molar-refractivity contribution in [3.63, 3.8) is 0 Å². The van der Waals surface area contributed by atoms with Gasteiger partial charge in [-0.2, -0.15) is 15.2 Å². The third kappa shape index (κ3) is 7.92. The number of carbonyl (C=O) groups excluding carboxylic acids is 1. The fourth-order valence-corrected chi connectivity index (χ4v) is 7.49. The number of anilines is 1. The second-order valence-corrected chi connectivity index (χ2v) is 13.1. The third-order valence-electron chi connectivity index (χ3n) is 10.1. The van der Waals surface area contributed by atoms with E-state index < -0.39 is 0 Å². The van der Waals surface area contributed by atoms with Crippen LogP contribution in [-0.2, 0) is 22.4 Å². The first-order valence-electron chi connectivity index (χ1n) is 17.3. The monoisotopic (exact) mass is 673 g/mol. The number of pyridine rings is 1. The summed E-state index contributed by atoms with van der Waals surface area (Å²) in [5, 5.41) is 19.2. The molecule has 0 saturated carbocycles. The van der Waals surface area contributed by atoms with Gasteiger partial charge in [0.15, 0.2) is 0 Å². The van der Waals surface area contributed by atoms with Gasteiger partial charge in [0, 0.05) is 49.7 Å². The van der Waals surface area contributed by atoms with Crippen LogP contribution in [0, 0.1) is 11.3 Å². The van der Waals surface area contributed by atoms with Gasteiger partial charge >= 0.3 is 6.01 Å². The van der Waals surface area contributed by atoms with Crippen molar-refractivity contribution in [3.8, 4) is 12.1 Å². The van der Waals surface area contributed by atoms with Crippen LogP contribution in [0.25, 0.3) is 16.8 Å². The zero-order valence-corrected chi connectivity index (χ0v) is 28.4.